The zero-order valence-corrected chi connectivity index (χ0v) is 33.6. The van der Waals surface area contributed by atoms with E-state index in [1.165, 1.54) is 7.05 Å². The smallest absolute Gasteiger partial charge is 0.408 e. The first-order chi connectivity index (χ1) is 27.2. The van der Waals surface area contributed by atoms with Gasteiger partial charge in [0, 0.05) is 19.9 Å². The van der Waals surface area contributed by atoms with Gasteiger partial charge in [0.15, 0.2) is 0 Å². The molecule has 12 nitrogen and oxygen atoms in total. The summed E-state index contributed by atoms with van der Waals surface area (Å²) in [7, 11) is 1.52. The second kappa shape index (κ2) is 20.8. The number of alkyl carbamates (subject to hydrolysis) is 1. The summed E-state index contributed by atoms with van der Waals surface area (Å²) >= 11 is 0. The zero-order valence-electron chi connectivity index (χ0n) is 33.6. The maximum absolute atomic E-state index is 14.1. The second-order valence-corrected chi connectivity index (χ2v) is 15.3. The Bertz CT molecular complexity index is 1810. The van der Waals surface area contributed by atoms with Crippen molar-refractivity contribution in [2.45, 2.75) is 89.6 Å². The third kappa shape index (κ3) is 13.0. The molecule has 0 aliphatic rings. The third-order valence-electron chi connectivity index (χ3n) is 9.12. The van der Waals surface area contributed by atoms with Crippen molar-refractivity contribution in [3.8, 4) is 0 Å². The second-order valence-electron chi connectivity index (χ2n) is 15.3. The van der Waals surface area contributed by atoms with E-state index >= 15 is 0 Å². The lowest BCUT2D eigenvalue weighted by molar-refractivity contribution is -0.133. The Kier molecular flexibility index (Phi) is 15.9. The molecule has 57 heavy (non-hydrogen) atoms. The number of hydrogen-bond acceptors (Lipinski definition) is 7. The quantitative estimate of drug-likeness (QED) is 0.0591. The predicted octanol–water partition coefficient (Wildman–Crippen LogP) is 5.28. The Hall–Kier alpha value is -6.01. The number of hydrogen-bond donors (Lipinski definition) is 6. The van der Waals surface area contributed by atoms with Gasteiger partial charge in [0.1, 0.15) is 29.3 Å². The van der Waals surface area contributed by atoms with Crippen molar-refractivity contribution in [2.75, 3.05) is 7.05 Å². The average molecular weight is 777 g/mol. The number of nitrogens with one attached hydrogen (secondary N) is 6. The molecular formula is C45H56N6O6. The average Bonchev–Trinajstić information content (AvgIpc) is 3.18. The minimum absolute atomic E-state index is 0.0160. The van der Waals surface area contributed by atoms with Crippen LogP contribution in [0.5, 0.6) is 0 Å². The molecule has 0 unspecified atom stereocenters. The summed E-state index contributed by atoms with van der Waals surface area (Å²) < 4.78 is 5.41. The van der Waals surface area contributed by atoms with Crippen LogP contribution in [-0.4, -0.2) is 60.5 Å². The summed E-state index contributed by atoms with van der Waals surface area (Å²) in [6, 6.07) is 34.8. The molecule has 4 aromatic carbocycles. The van der Waals surface area contributed by atoms with Crippen molar-refractivity contribution in [1.82, 2.24) is 32.1 Å². The molecule has 6 N–H and O–H groups in total. The van der Waals surface area contributed by atoms with Crippen LogP contribution < -0.4 is 32.1 Å². The van der Waals surface area contributed by atoms with E-state index in [0.717, 1.165) is 22.3 Å². The van der Waals surface area contributed by atoms with Gasteiger partial charge in [0.2, 0.25) is 17.7 Å². The standard InChI is InChI=1S/C45H56N6O6/c1-31(2)29-37(49-43(56)57-44(3,4)5)40(53)48-38(30-32-19-11-7-12-20-32)41(54)47-36(42(55)51-46-6)27-28-39(52)50-45(33-21-13-8-14-22-33,34-23-15-9-16-24-34)35-25-17-10-18-26-35/h7-26,31,36-38,46H,27-30H2,1-6H3,(H,47,54)(H,48,53)(H,49,56)(H,50,52)(H,51,55)/t36-,37-,38-/m1/s1. The topological polar surface area (TPSA) is 167 Å². The van der Waals surface area contributed by atoms with E-state index in [2.05, 4.69) is 32.1 Å². The molecule has 0 saturated heterocycles. The van der Waals surface area contributed by atoms with E-state index in [4.69, 9.17) is 4.74 Å². The van der Waals surface area contributed by atoms with Crippen LogP contribution in [-0.2, 0) is 35.9 Å². The van der Waals surface area contributed by atoms with Crippen molar-refractivity contribution in [3.63, 3.8) is 0 Å². The highest BCUT2D eigenvalue weighted by atomic mass is 16.6. The van der Waals surface area contributed by atoms with Crippen LogP contribution in [0.1, 0.15) is 76.1 Å². The normalized spacial score (nSPS) is 13.0. The molecule has 5 amide bonds. The highest BCUT2D eigenvalue weighted by Gasteiger charge is 2.38. The minimum Gasteiger partial charge on any atom is -0.444 e. The molecule has 4 aromatic rings. The largest absolute Gasteiger partial charge is 0.444 e. The first kappa shape index (κ1) is 43.7. The van der Waals surface area contributed by atoms with E-state index < -0.39 is 53.1 Å². The van der Waals surface area contributed by atoms with Gasteiger partial charge in [0.05, 0.1) is 0 Å². The number of rotatable bonds is 18. The number of amides is 5. The number of benzene rings is 4. The summed E-state index contributed by atoms with van der Waals surface area (Å²) in [4.78, 5) is 68.3. The molecule has 0 aliphatic heterocycles. The molecule has 302 valence electrons. The first-order valence-corrected chi connectivity index (χ1v) is 19.3. The Morgan fingerprint density at radius 1 is 0.596 bits per heavy atom. The number of carbonyl (C=O) groups is 5. The van der Waals surface area contributed by atoms with Gasteiger partial charge >= 0.3 is 6.09 Å². The molecule has 0 bridgehead atoms. The van der Waals surface area contributed by atoms with Gasteiger partial charge in [-0.3, -0.25) is 24.6 Å². The van der Waals surface area contributed by atoms with Crippen molar-refractivity contribution in [3.05, 3.63) is 144 Å². The molecule has 4 rings (SSSR count). The Morgan fingerprint density at radius 2 is 1.05 bits per heavy atom. The van der Waals surface area contributed by atoms with Crippen molar-refractivity contribution < 1.29 is 28.7 Å². The third-order valence-corrected chi connectivity index (χ3v) is 9.12. The fraction of sp³-hybridized carbons (Fsp3) is 0.356. The van der Waals surface area contributed by atoms with Crippen molar-refractivity contribution in [1.29, 1.82) is 0 Å². The molecule has 0 spiro atoms. The van der Waals surface area contributed by atoms with Gasteiger partial charge in [-0.05, 0) is 61.8 Å². The molecule has 0 aliphatic carbocycles. The van der Waals surface area contributed by atoms with Gasteiger partial charge in [-0.1, -0.05) is 135 Å². The van der Waals surface area contributed by atoms with Crippen LogP contribution in [0, 0.1) is 5.92 Å². The van der Waals surface area contributed by atoms with Gasteiger partial charge < -0.3 is 26.0 Å². The van der Waals surface area contributed by atoms with Crippen LogP contribution in [0.15, 0.2) is 121 Å². The highest BCUT2D eigenvalue weighted by Crippen LogP contribution is 2.37. The molecule has 0 fully saturated rings. The summed E-state index contributed by atoms with van der Waals surface area (Å²) in [6.45, 7) is 8.99. The van der Waals surface area contributed by atoms with Crippen LogP contribution in [0.25, 0.3) is 0 Å². The van der Waals surface area contributed by atoms with E-state index in [1.54, 1.807) is 20.8 Å². The van der Waals surface area contributed by atoms with E-state index in [-0.39, 0.29) is 37.5 Å². The summed E-state index contributed by atoms with van der Waals surface area (Å²) in [5, 5.41) is 11.6. The SMILES string of the molecule is CNNC(=O)[C@@H](CCC(=O)NC(c1ccccc1)(c1ccccc1)c1ccccc1)NC(=O)[C@@H](Cc1ccccc1)NC(=O)[C@@H](CC(C)C)NC(=O)OC(C)(C)C. The fourth-order valence-corrected chi connectivity index (χ4v) is 6.56. The van der Waals surface area contributed by atoms with Gasteiger partial charge in [-0.15, -0.1) is 0 Å². The molecule has 12 heteroatoms. The molecule has 3 atom stereocenters. The van der Waals surface area contributed by atoms with E-state index in [9.17, 15) is 24.0 Å². The minimum atomic E-state index is -1.17. The molecule has 0 aromatic heterocycles. The van der Waals surface area contributed by atoms with Crippen molar-refractivity contribution in [2.24, 2.45) is 5.92 Å². The Labute approximate surface area is 335 Å². The molecule has 0 radical (unpaired) electrons. The van der Waals surface area contributed by atoms with Gasteiger partial charge in [-0.2, -0.15) is 0 Å². The lowest BCUT2D eigenvalue weighted by Crippen LogP contribution is -2.58. The predicted molar refractivity (Wildman–Crippen MR) is 220 cm³/mol. The Morgan fingerprint density at radius 3 is 1.51 bits per heavy atom. The summed E-state index contributed by atoms with van der Waals surface area (Å²) in [5.74, 6) is -2.14. The van der Waals surface area contributed by atoms with Crippen LogP contribution in [0.4, 0.5) is 4.79 Å². The summed E-state index contributed by atoms with van der Waals surface area (Å²) in [5.41, 5.74) is 6.55. The number of ether oxygens (including phenoxy) is 1. The molecule has 0 heterocycles. The maximum Gasteiger partial charge on any atom is 0.408 e. The maximum atomic E-state index is 14.1. The van der Waals surface area contributed by atoms with Crippen LogP contribution in [0.3, 0.4) is 0 Å². The first-order valence-electron chi connectivity index (χ1n) is 19.3. The monoisotopic (exact) mass is 776 g/mol. The molecular weight excluding hydrogens is 721 g/mol. The van der Waals surface area contributed by atoms with Gasteiger partial charge in [-0.25, -0.2) is 10.2 Å². The number of hydrazine groups is 1. The fourth-order valence-electron chi connectivity index (χ4n) is 6.56. The Balaban J connectivity index is 1.60. The van der Waals surface area contributed by atoms with Crippen LogP contribution in [0.2, 0.25) is 0 Å². The van der Waals surface area contributed by atoms with Crippen molar-refractivity contribution >= 4 is 29.7 Å². The van der Waals surface area contributed by atoms with Crippen LogP contribution >= 0.6 is 0 Å². The lowest BCUT2D eigenvalue weighted by Gasteiger charge is -2.37. The highest BCUT2D eigenvalue weighted by molar-refractivity contribution is 5.94. The summed E-state index contributed by atoms with van der Waals surface area (Å²) in [6.07, 6.45) is -0.591. The van der Waals surface area contributed by atoms with E-state index in [0.29, 0.717) is 0 Å². The van der Waals surface area contributed by atoms with Gasteiger partial charge in [0.25, 0.3) is 5.91 Å². The molecule has 0 saturated carbocycles. The van der Waals surface area contributed by atoms with E-state index in [1.807, 2.05) is 135 Å². The number of carbonyl (C=O) groups excluding carboxylic acids is 5. The zero-order chi connectivity index (χ0) is 41.4. The lowest BCUT2D eigenvalue weighted by atomic mass is 9.77.